The van der Waals surface area contributed by atoms with E-state index in [9.17, 15) is 13.2 Å². The van der Waals surface area contributed by atoms with Gasteiger partial charge in [0.25, 0.3) is 10.0 Å². The molecule has 1 aromatic rings. The number of carbonyl (C=O) groups is 1. The second kappa shape index (κ2) is 5.50. The molecule has 6 heteroatoms. The third-order valence-corrected chi connectivity index (χ3v) is 3.83. The molecule has 0 radical (unpaired) electrons. The highest BCUT2D eigenvalue weighted by Gasteiger charge is 2.18. The van der Waals surface area contributed by atoms with Crippen LogP contribution in [0.15, 0.2) is 54.7 Å². The summed E-state index contributed by atoms with van der Waals surface area (Å²) in [6.45, 7) is 8.17. The number of anilines is 1. The van der Waals surface area contributed by atoms with Gasteiger partial charge in [0, 0.05) is 25.0 Å². The second-order valence-electron chi connectivity index (χ2n) is 3.41. The Balaban J connectivity index is 3.08. The van der Waals surface area contributed by atoms with E-state index in [1.54, 1.807) is 0 Å². The van der Waals surface area contributed by atoms with Gasteiger partial charge < -0.3 is 5.32 Å². The molecule has 0 aliphatic heterocycles. The first-order valence-corrected chi connectivity index (χ1v) is 6.52. The highest BCUT2D eigenvalue weighted by Crippen LogP contribution is 2.18. The largest absolute Gasteiger partial charge is 0.326 e. The van der Waals surface area contributed by atoms with Crippen LogP contribution < -0.4 is 5.32 Å². The van der Waals surface area contributed by atoms with Gasteiger partial charge in [-0.3, -0.25) is 9.10 Å². The molecule has 5 nitrogen and oxygen atoms in total. The molecule has 0 aliphatic rings. The van der Waals surface area contributed by atoms with E-state index in [-0.39, 0.29) is 10.8 Å². The second-order valence-corrected chi connectivity index (χ2v) is 5.25. The standard InChI is InChI=1S/C12H14N2O3S/c1-4-14(5-2)18(16,17)12-8-6-11(7-9-12)13-10(3)15/h4-9H,1-2H2,3H3,(H,13,15). The predicted octanol–water partition coefficient (Wildman–Crippen LogP) is 1.92. The van der Waals surface area contributed by atoms with E-state index in [4.69, 9.17) is 0 Å². The molecule has 1 rings (SSSR count). The summed E-state index contributed by atoms with van der Waals surface area (Å²) in [5, 5.41) is 2.55. The van der Waals surface area contributed by atoms with Crippen LogP contribution in [0.2, 0.25) is 0 Å². The molecule has 0 heterocycles. The van der Waals surface area contributed by atoms with E-state index < -0.39 is 10.0 Å². The smallest absolute Gasteiger partial charge is 0.267 e. The Hall–Kier alpha value is -2.08. The van der Waals surface area contributed by atoms with Crippen molar-refractivity contribution in [3.63, 3.8) is 0 Å². The lowest BCUT2D eigenvalue weighted by atomic mass is 10.3. The number of nitrogens with one attached hydrogen (secondary N) is 1. The molecule has 0 saturated heterocycles. The number of hydrogen-bond donors (Lipinski definition) is 1. The number of amides is 1. The van der Waals surface area contributed by atoms with Crippen LogP contribution in [0.25, 0.3) is 0 Å². The van der Waals surface area contributed by atoms with Crippen LogP contribution in [0.1, 0.15) is 6.92 Å². The van der Waals surface area contributed by atoms with Crippen molar-refractivity contribution in [2.45, 2.75) is 11.8 Å². The van der Waals surface area contributed by atoms with Crippen molar-refractivity contribution in [2.75, 3.05) is 5.32 Å². The summed E-state index contributed by atoms with van der Waals surface area (Å²) in [6, 6.07) is 5.83. The van der Waals surface area contributed by atoms with Crippen molar-refractivity contribution < 1.29 is 13.2 Å². The van der Waals surface area contributed by atoms with E-state index in [2.05, 4.69) is 18.5 Å². The Morgan fingerprint density at radius 2 is 1.72 bits per heavy atom. The molecule has 1 aromatic carbocycles. The summed E-state index contributed by atoms with van der Waals surface area (Å²) in [5.74, 6) is -0.218. The summed E-state index contributed by atoms with van der Waals surface area (Å²) < 4.78 is 25.0. The van der Waals surface area contributed by atoms with Crippen LogP contribution >= 0.6 is 0 Å². The Bertz CT molecular complexity index is 553. The first-order chi connectivity index (χ1) is 8.41. The molecule has 0 aromatic heterocycles. The first kappa shape index (κ1) is 14.0. The predicted molar refractivity (Wildman–Crippen MR) is 70.2 cm³/mol. The Morgan fingerprint density at radius 3 is 2.11 bits per heavy atom. The van der Waals surface area contributed by atoms with Crippen molar-refractivity contribution in [1.82, 2.24) is 4.31 Å². The molecule has 0 spiro atoms. The van der Waals surface area contributed by atoms with Crippen LogP contribution in [0, 0.1) is 0 Å². The molecule has 0 atom stereocenters. The minimum atomic E-state index is -3.66. The van der Waals surface area contributed by atoms with Crippen molar-refractivity contribution in [1.29, 1.82) is 0 Å². The Labute approximate surface area is 106 Å². The van der Waals surface area contributed by atoms with Crippen molar-refractivity contribution in [3.05, 3.63) is 49.8 Å². The summed E-state index contributed by atoms with van der Waals surface area (Å²) >= 11 is 0. The van der Waals surface area contributed by atoms with E-state index in [1.165, 1.54) is 31.2 Å². The van der Waals surface area contributed by atoms with Gasteiger partial charge in [0.15, 0.2) is 0 Å². The maximum absolute atomic E-state index is 12.0. The summed E-state index contributed by atoms with van der Waals surface area (Å²) in [7, 11) is -3.66. The molecule has 0 bridgehead atoms. The average molecular weight is 266 g/mol. The van der Waals surface area contributed by atoms with Gasteiger partial charge in [0.2, 0.25) is 5.91 Å². The van der Waals surface area contributed by atoms with E-state index in [0.29, 0.717) is 5.69 Å². The van der Waals surface area contributed by atoms with E-state index >= 15 is 0 Å². The molecule has 0 aliphatic carbocycles. The van der Waals surface area contributed by atoms with Crippen molar-refractivity contribution in [2.24, 2.45) is 0 Å². The number of nitrogens with zero attached hydrogens (tertiary/aromatic N) is 1. The van der Waals surface area contributed by atoms with Gasteiger partial charge in [-0.1, -0.05) is 13.2 Å². The normalized spacial score (nSPS) is 10.5. The van der Waals surface area contributed by atoms with Gasteiger partial charge in [0.05, 0.1) is 4.90 Å². The van der Waals surface area contributed by atoms with Crippen LogP contribution in [-0.4, -0.2) is 18.6 Å². The maximum Gasteiger partial charge on any atom is 0.267 e. The van der Waals surface area contributed by atoms with Gasteiger partial charge in [-0.15, -0.1) is 0 Å². The quantitative estimate of drug-likeness (QED) is 0.885. The third kappa shape index (κ3) is 2.98. The molecule has 1 amide bonds. The molecule has 0 saturated carbocycles. The summed E-state index contributed by atoms with van der Waals surface area (Å²) in [5.41, 5.74) is 0.533. The maximum atomic E-state index is 12.0. The lowest BCUT2D eigenvalue weighted by Gasteiger charge is -2.15. The molecular formula is C12H14N2O3S. The lowest BCUT2D eigenvalue weighted by Crippen LogP contribution is -2.19. The molecule has 96 valence electrons. The number of carbonyl (C=O) groups excluding carboxylic acids is 1. The summed E-state index contributed by atoms with van der Waals surface area (Å²) in [6.07, 6.45) is 2.31. The van der Waals surface area contributed by atoms with Crippen molar-refractivity contribution in [3.8, 4) is 0 Å². The zero-order valence-electron chi connectivity index (χ0n) is 9.96. The zero-order chi connectivity index (χ0) is 13.8. The number of benzene rings is 1. The monoisotopic (exact) mass is 266 g/mol. The zero-order valence-corrected chi connectivity index (χ0v) is 10.8. The Morgan fingerprint density at radius 1 is 1.22 bits per heavy atom. The topological polar surface area (TPSA) is 66.5 Å². The van der Waals surface area contributed by atoms with Crippen molar-refractivity contribution >= 4 is 21.6 Å². The number of sulfonamides is 1. The lowest BCUT2D eigenvalue weighted by molar-refractivity contribution is -0.114. The fourth-order valence-corrected chi connectivity index (χ4v) is 2.42. The third-order valence-electron chi connectivity index (χ3n) is 2.11. The Kier molecular flexibility index (Phi) is 4.28. The summed E-state index contributed by atoms with van der Waals surface area (Å²) in [4.78, 5) is 10.9. The van der Waals surface area contributed by atoms with Gasteiger partial charge in [-0.2, -0.15) is 0 Å². The van der Waals surface area contributed by atoms with Crippen LogP contribution in [0.4, 0.5) is 5.69 Å². The van der Waals surface area contributed by atoms with E-state index in [0.717, 1.165) is 16.7 Å². The van der Waals surface area contributed by atoms with E-state index in [1.807, 2.05) is 0 Å². The van der Waals surface area contributed by atoms with Gasteiger partial charge in [-0.05, 0) is 24.3 Å². The average Bonchev–Trinajstić information content (AvgIpc) is 2.30. The van der Waals surface area contributed by atoms with Crippen LogP contribution in [-0.2, 0) is 14.8 Å². The van der Waals surface area contributed by atoms with Gasteiger partial charge >= 0.3 is 0 Å². The molecular weight excluding hydrogens is 252 g/mol. The number of hydrogen-bond acceptors (Lipinski definition) is 3. The molecule has 1 N–H and O–H groups in total. The highest BCUT2D eigenvalue weighted by molar-refractivity contribution is 7.89. The molecule has 0 fully saturated rings. The minimum Gasteiger partial charge on any atom is -0.326 e. The number of rotatable bonds is 5. The molecule has 18 heavy (non-hydrogen) atoms. The van der Waals surface area contributed by atoms with Gasteiger partial charge in [-0.25, -0.2) is 8.42 Å². The highest BCUT2D eigenvalue weighted by atomic mass is 32.2. The minimum absolute atomic E-state index is 0.0939. The van der Waals surface area contributed by atoms with Crippen LogP contribution in [0.5, 0.6) is 0 Å². The first-order valence-electron chi connectivity index (χ1n) is 5.08. The SMILES string of the molecule is C=CN(C=C)S(=O)(=O)c1ccc(NC(C)=O)cc1. The fourth-order valence-electron chi connectivity index (χ4n) is 1.31. The fraction of sp³-hybridized carbons (Fsp3) is 0.0833. The van der Waals surface area contributed by atoms with Crippen LogP contribution in [0.3, 0.4) is 0 Å². The molecule has 0 unspecified atom stereocenters. The van der Waals surface area contributed by atoms with Gasteiger partial charge in [0.1, 0.15) is 0 Å².